The molecule has 0 spiro atoms. The Kier molecular flexibility index (Phi) is 6.67. The minimum Gasteiger partial charge on any atom is -0.489 e. The molecule has 5 heteroatoms. The molecule has 1 amide bonds. The average molecular weight is 403 g/mol. The van der Waals surface area contributed by atoms with Gasteiger partial charge in [-0.2, -0.15) is 5.26 Å². The van der Waals surface area contributed by atoms with Gasteiger partial charge in [0.1, 0.15) is 24.0 Å². The number of benzene rings is 3. The standard InChI is InChI=1S/C24H19ClN2O2/c1-17-6-4-9-21(12-17)27-24(28)20(15-26)13-18-7-5-10-22(14-18)29-16-19-8-2-3-11-23(19)25/h2-14H,16H2,1H3,(H,27,28)/b20-13-. The first-order valence-electron chi connectivity index (χ1n) is 9.01. The van der Waals surface area contributed by atoms with E-state index >= 15 is 0 Å². The molecule has 0 aliphatic carbocycles. The molecule has 144 valence electrons. The number of amides is 1. The van der Waals surface area contributed by atoms with Gasteiger partial charge in [0.05, 0.1) is 0 Å². The predicted molar refractivity (Wildman–Crippen MR) is 116 cm³/mol. The average Bonchev–Trinajstić information content (AvgIpc) is 2.71. The summed E-state index contributed by atoms with van der Waals surface area (Å²) in [6.07, 6.45) is 1.54. The van der Waals surface area contributed by atoms with E-state index in [4.69, 9.17) is 16.3 Å². The normalized spacial score (nSPS) is 10.9. The molecule has 3 rings (SSSR count). The van der Waals surface area contributed by atoms with Crippen molar-refractivity contribution >= 4 is 29.3 Å². The summed E-state index contributed by atoms with van der Waals surface area (Å²) in [5, 5.41) is 12.8. The molecule has 4 nitrogen and oxygen atoms in total. The molecular formula is C24H19ClN2O2. The van der Waals surface area contributed by atoms with Crippen LogP contribution in [-0.4, -0.2) is 5.91 Å². The minimum absolute atomic E-state index is 0.00904. The second-order valence-corrected chi connectivity index (χ2v) is 6.85. The van der Waals surface area contributed by atoms with E-state index in [1.807, 2.05) is 61.5 Å². The van der Waals surface area contributed by atoms with Crippen molar-refractivity contribution in [2.75, 3.05) is 5.32 Å². The Morgan fingerprint density at radius 3 is 2.66 bits per heavy atom. The van der Waals surface area contributed by atoms with Crippen LogP contribution in [0.1, 0.15) is 16.7 Å². The fraction of sp³-hybridized carbons (Fsp3) is 0.0833. The SMILES string of the molecule is Cc1cccc(NC(=O)/C(C#N)=C\c2cccc(OCc3ccccc3Cl)c2)c1. The lowest BCUT2D eigenvalue weighted by Gasteiger charge is -2.09. The molecular weight excluding hydrogens is 384 g/mol. The largest absolute Gasteiger partial charge is 0.489 e. The Hall–Kier alpha value is -3.55. The van der Waals surface area contributed by atoms with Crippen LogP contribution in [0.2, 0.25) is 5.02 Å². The third kappa shape index (κ3) is 5.71. The molecule has 3 aromatic rings. The molecule has 1 N–H and O–H groups in total. The number of carbonyl (C=O) groups is 1. The van der Waals surface area contributed by atoms with Gasteiger partial charge in [0.2, 0.25) is 0 Å². The van der Waals surface area contributed by atoms with Gasteiger partial charge in [0, 0.05) is 16.3 Å². The molecule has 0 fully saturated rings. The van der Waals surface area contributed by atoms with Crippen LogP contribution in [0.4, 0.5) is 5.69 Å². The van der Waals surface area contributed by atoms with E-state index in [0.29, 0.717) is 28.6 Å². The summed E-state index contributed by atoms with van der Waals surface area (Å²) < 4.78 is 5.80. The highest BCUT2D eigenvalue weighted by Crippen LogP contribution is 2.21. The van der Waals surface area contributed by atoms with Gasteiger partial charge in [-0.3, -0.25) is 4.79 Å². The van der Waals surface area contributed by atoms with E-state index < -0.39 is 5.91 Å². The highest BCUT2D eigenvalue weighted by atomic mass is 35.5. The summed E-state index contributed by atoms with van der Waals surface area (Å²) in [7, 11) is 0. The molecule has 0 saturated heterocycles. The first-order chi connectivity index (χ1) is 14.0. The van der Waals surface area contributed by atoms with Gasteiger partial charge in [0.25, 0.3) is 5.91 Å². The number of hydrogen-bond acceptors (Lipinski definition) is 3. The maximum atomic E-state index is 12.4. The van der Waals surface area contributed by atoms with Crippen LogP contribution in [0, 0.1) is 18.3 Å². The number of halogens is 1. The van der Waals surface area contributed by atoms with Gasteiger partial charge in [-0.1, -0.05) is 54.1 Å². The maximum absolute atomic E-state index is 12.4. The van der Waals surface area contributed by atoms with E-state index in [1.54, 1.807) is 24.3 Å². The van der Waals surface area contributed by atoms with Crippen molar-refractivity contribution in [3.63, 3.8) is 0 Å². The van der Waals surface area contributed by atoms with Crippen LogP contribution in [0.3, 0.4) is 0 Å². The van der Waals surface area contributed by atoms with Gasteiger partial charge in [-0.25, -0.2) is 0 Å². The van der Waals surface area contributed by atoms with Crippen LogP contribution in [-0.2, 0) is 11.4 Å². The summed E-state index contributed by atoms with van der Waals surface area (Å²) in [6.45, 7) is 2.26. The lowest BCUT2D eigenvalue weighted by molar-refractivity contribution is -0.112. The van der Waals surface area contributed by atoms with E-state index in [-0.39, 0.29) is 5.57 Å². The van der Waals surface area contributed by atoms with Crippen LogP contribution < -0.4 is 10.1 Å². The van der Waals surface area contributed by atoms with Crippen molar-refractivity contribution in [1.82, 2.24) is 0 Å². The van der Waals surface area contributed by atoms with Crippen LogP contribution >= 0.6 is 11.6 Å². The lowest BCUT2D eigenvalue weighted by Crippen LogP contribution is -2.13. The Bertz CT molecular complexity index is 1100. The third-order valence-corrected chi connectivity index (χ3v) is 4.53. The number of rotatable bonds is 6. The fourth-order valence-electron chi connectivity index (χ4n) is 2.71. The summed E-state index contributed by atoms with van der Waals surface area (Å²) in [5.41, 5.74) is 3.25. The van der Waals surface area contributed by atoms with Gasteiger partial charge in [-0.05, 0) is 54.5 Å². The molecule has 0 aliphatic heterocycles. The smallest absolute Gasteiger partial charge is 0.266 e. The number of carbonyl (C=O) groups excluding carboxylic acids is 1. The molecule has 29 heavy (non-hydrogen) atoms. The number of ether oxygens (including phenoxy) is 1. The van der Waals surface area contributed by atoms with Crippen LogP contribution in [0.25, 0.3) is 6.08 Å². The summed E-state index contributed by atoms with van der Waals surface area (Å²) in [5.74, 6) is 0.163. The topological polar surface area (TPSA) is 62.1 Å². The third-order valence-electron chi connectivity index (χ3n) is 4.16. The second-order valence-electron chi connectivity index (χ2n) is 6.45. The molecule has 0 radical (unpaired) electrons. The van der Waals surface area contributed by atoms with Crippen molar-refractivity contribution in [1.29, 1.82) is 5.26 Å². The van der Waals surface area contributed by atoms with Gasteiger partial charge >= 0.3 is 0 Å². The van der Waals surface area contributed by atoms with E-state index in [1.165, 1.54) is 6.08 Å². The quantitative estimate of drug-likeness (QED) is 0.420. The molecule has 3 aromatic carbocycles. The summed E-state index contributed by atoms with van der Waals surface area (Å²) in [6, 6.07) is 24.0. The Labute approximate surface area is 175 Å². The highest BCUT2D eigenvalue weighted by molar-refractivity contribution is 6.31. The van der Waals surface area contributed by atoms with E-state index in [0.717, 1.165) is 11.1 Å². The number of nitrogens with one attached hydrogen (secondary N) is 1. The fourth-order valence-corrected chi connectivity index (χ4v) is 2.90. The minimum atomic E-state index is -0.458. The molecule has 0 saturated carbocycles. The number of anilines is 1. The van der Waals surface area contributed by atoms with Gasteiger partial charge < -0.3 is 10.1 Å². The lowest BCUT2D eigenvalue weighted by atomic mass is 10.1. The summed E-state index contributed by atoms with van der Waals surface area (Å²) >= 11 is 6.15. The van der Waals surface area contributed by atoms with E-state index in [9.17, 15) is 10.1 Å². The number of nitriles is 1. The highest BCUT2D eigenvalue weighted by Gasteiger charge is 2.10. The van der Waals surface area contributed by atoms with Crippen molar-refractivity contribution < 1.29 is 9.53 Å². The van der Waals surface area contributed by atoms with Crippen molar-refractivity contribution in [3.8, 4) is 11.8 Å². The molecule has 0 aromatic heterocycles. The molecule has 0 atom stereocenters. The number of aryl methyl sites for hydroxylation is 1. The van der Waals surface area contributed by atoms with Crippen LogP contribution in [0.15, 0.2) is 78.4 Å². The Balaban J connectivity index is 1.72. The van der Waals surface area contributed by atoms with E-state index in [2.05, 4.69) is 5.32 Å². The maximum Gasteiger partial charge on any atom is 0.266 e. The van der Waals surface area contributed by atoms with Crippen molar-refractivity contribution in [2.45, 2.75) is 13.5 Å². The Morgan fingerprint density at radius 2 is 1.90 bits per heavy atom. The predicted octanol–water partition coefficient (Wildman–Crippen LogP) is 5.77. The van der Waals surface area contributed by atoms with Gasteiger partial charge in [0.15, 0.2) is 0 Å². The Morgan fingerprint density at radius 1 is 1.10 bits per heavy atom. The zero-order chi connectivity index (χ0) is 20.6. The first kappa shape index (κ1) is 20.2. The zero-order valence-electron chi connectivity index (χ0n) is 15.9. The molecule has 0 aliphatic rings. The molecule has 0 heterocycles. The summed E-state index contributed by atoms with van der Waals surface area (Å²) in [4.78, 5) is 12.4. The monoisotopic (exact) mass is 402 g/mol. The van der Waals surface area contributed by atoms with Crippen molar-refractivity contribution in [2.24, 2.45) is 0 Å². The van der Waals surface area contributed by atoms with Gasteiger partial charge in [-0.15, -0.1) is 0 Å². The molecule has 0 unspecified atom stereocenters. The number of nitrogens with zero attached hydrogens (tertiary/aromatic N) is 1. The zero-order valence-corrected chi connectivity index (χ0v) is 16.6. The second kappa shape index (κ2) is 9.59. The van der Waals surface area contributed by atoms with Crippen LogP contribution in [0.5, 0.6) is 5.75 Å². The number of hydrogen-bond donors (Lipinski definition) is 1. The first-order valence-corrected chi connectivity index (χ1v) is 9.39. The molecule has 0 bridgehead atoms. The van der Waals surface area contributed by atoms with Crippen molar-refractivity contribution in [3.05, 3.63) is 100 Å².